The van der Waals surface area contributed by atoms with E-state index in [0.29, 0.717) is 11.7 Å². The molecule has 1 fully saturated rings. The lowest BCUT2D eigenvalue weighted by atomic mass is 10.4. The van der Waals surface area contributed by atoms with Crippen LogP contribution < -0.4 is 0 Å². The van der Waals surface area contributed by atoms with Crippen molar-refractivity contribution < 1.29 is 10.0 Å². The standard InChI is InChI=1S/C6H5N3O2S/c10-5-4(8-11)12-6-7-2-1-3-9(5)6/h1-2,11H,3H2. The maximum atomic E-state index is 11.3. The van der Waals surface area contributed by atoms with Crippen molar-refractivity contribution in [2.75, 3.05) is 6.54 Å². The summed E-state index contributed by atoms with van der Waals surface area (Å²) in [4.78, 5) is 16.7. The summed E-state index contributed by atoms with van der Waals surface area (Å²) in [5, 5.41) is 12.0. The first kappa shape index (κ1) is 7.35. The average Bonchev–Trinajstić information content (AvgIpc) is 2.44. The maximum absolute atomic E-state index is 11.3. The summed E-state index contributed by atoms with van der Waals surface area (Å²) in [6.45, 7) is 0.504. The molecule has 2 heterocycles. The largest absolute Gasteiger partial charge is 0.410 e. The zero-order chi connectivity index (χ0) is 8.55. The van der Waals surface area contributed by atoms with Crippen LogP contribution in [0.4, 0.5) is 0 Å². The number of aliphatic imine (C=N–C) groups is 1. The Kier molecular flexibility index (Phi) is 1.61. The summed E-state index contributed by atoms with van der Waals surface area (Å²) >= 11 is 1.08. The van der Waals surface area contributed by atoms with Crippen LogP contribution in [0.5, 0.6) is 0 Å². The molecule has 2 aliphatic rings. The van der Waals surface area contributed by atoms with Gasteiger partial charge in [-0.3, -0.25) is 9.69 Å². The normalized spacial score (nSPS) is 24.7. The van der Waals surface area contributed by atoms with Crippen molar-refractivity contribution in [1.82, 2.24) is 4.90 Å². The van der Waals surface area contributed by atoms with Crippen LogP contribution in [0.25, 0.3) is 0 Å². The Morgan fingerprint density at radius 2 is 2.58 bits per heavy atom. The summed E-state index contributed by atoms with van der Waals surface area (Å²) in [7, 11) is 0. The van der Waals surface area contributed by atoms with E-state index >= 15 is 0 Å². The Labute approximate surface area is 72.4 Å². The number of nitrogens with zero attached hydrogens (tertiary/aromatic N) is 3. The van der Waals surface area contributed by atoms with Crippen LogP contribution in [0.3, 0.4) is 0 Å². The third-order valence-corrected chi connectivity index (χ3v) is 2.47. The minimum absolute atomic E-state index is 0.0810. The van der Waals surface area contributed by atoms with E-state index in [4.69, 9.17) is 5.21 Å². The quantitative estimate of drug-likeness (QED) is 0.432. The maximum Gasteiger partial charge on any atom is 0.289 e. The van der Waals surface area contributed by atoms with Gasteiger partial charge in [0.05, 0.1) is 0 Å². The summed E-state index contributed by atoms with van der Waals surface area (Å²) in [5.41, 5.74) is 0. The number of amidine groups is 1. The Balaban J connectivity index is 2.35. The van der Waals surface area contributed by atoms with E-state index in [1.807, 2.05) is 0 Å². The van der Waals surface area contributed by atoms with Gasteiger partial charge in [0.1, 0.15) is 0 Å². The van der Waals surface area contributed by atoms with Gasteiger partial charge >= 0.3 is 0 Å². The van der Waals surface area contributed by atoms with Crippen molar-refractivity contribution >= 4 is 27.9 Å². The molecule has 0 radical (unpaired) electrons. The summed E-state index contributed by atoms with van der Waals surface area (Å²) in [6, 6.07) is 0. The van der Waals surface area contributed by atoms with Crippen molar-refractivity contribution in [3.8, 4) is 0 Å². The molecule has 0 aromatic rings. The molecule has 62 valence electrons. The number of hydrogen-bond acceptors (Lipinski definition) is 5. The number of carbonyl (C=O) groups excluding carboxylic acids is 1. The monoisotopic (exact) mass is 183 g/mol. The molecular formula is C6H5N3O2S. The molecule has 1 saturated heterocycles. The number of thioether (sulfide) groups is 1. The number of fused-ring (bicyclic) bond motifs is 1. The molecule has 0 aliphatic carbocycles. The molecule has 2 aliphatic heterocycles. The molecule has 0 saturated carbocycles. The predicted molar refractivity (Wildman–Crippen MR) is 45.1 cm³/mol. The van der Waals surface area contributed by atoms with Gasteiger partial charge in [-0.2, -0.15) is 0 Å². The van der Waals surface area contributed by atoms with Crippen LogP contribution in [0.1, 0.15) is 0 Å². The van der Waals surface area contributed by atoms with Gasteiger partial charge < -0.3 is 5.21 Å². The van der Waals surface area contributed by atoms with Crippen LogP contribution in [0, 0.1) is 0 Å². The van der Waals surface area contributed by atoms with Gasteiger partial charge in [-0.05, 0) is 17.8 Å². The van der Waals surface area contributed by atoms with Crippen LogP contribution in [0.15, 0.2) is 22.4 Å². The molecule has 2 rings (SSSR count). The van der Waals surface area contributed by atoms with Crippen LogP contribution >= 0.6 is 11.8 Å². The van der Waals surface area contributed by atoms with Crippen LogP contribution in [0.2, 0.25) is 0 Å². The lowest BCUT2D eigenvalue weighted by Gasteiger charge is -2.13. The molecular weight excluding hydrogens is 178 g/mol. The average molecular weight is 183 g/mol. The van der Waals surface area contributed by atoms with Crippen LogP contribution in [-0.2, 0) is 4.79 Å². The third kappa shape index (κ3) is 0.918. The molecule has 0 unspecified atom stereocenters. The predicted octanol–water partition coefficient (Wildman–Crippen LogP) is 0.233. The summed E-state index contributed by atoms with van der Waals surface area (Å²) in [6.07, 6.45) is 3.40. The highest BCUT2D eigenvalue weighted by molar-refractivity contribution is 8.28. The van der Waals surface area contributed by atoms with Crippen molar-refractivity contribution in [1.29, 1.82) is 0 Å². The van der Waals surface area contributed by atoms with Gasteiger partial charge in [-0.15, -0.1) is 0 Å². The van der Waals surface area contributed by atoms with Gasteiger partial charge in [-0.25, -0.2) is 4.99 Å². The molecule has 12 heavy (non-hydrogen) atoms. The zero-order valence-corrected chi connectivity index (χ0v) is 6.78. The van der Waals surface area contributed by atoms with E-state index in [9.17, 15) is 4.79 Å². The summed E-state index contributed by atoms with van der Waals surface area (Å²) < 4.78 is 0. The third-order valence-electron chi connectivity index (χ3n) is 1.52. The first-order chi connectivity index (χ1) is 5.83. The highest BCUT2D eigenvalue weighted by atomic mass is 32.2. The number of rotatable bonds is 0. The lowest BCUT2D eigenvalue weighted by Crippen LogP contribution is -2.32. The zero-order valence-electron chi connectivity index (χ0n) is 5.97. The molecule has 0 aromatic carbocycles. The molecule has 0 bridgehead atoms. The first-order valence-corrected chi connectivity index (χ1v) is 4.09. The second-order valence-corrected chi connectivity index (χ2v) is 3.18. The molecule has 6 heteroatoms. The van der Waals surface area contributed by atoms with Gasteiger partial charge in [-0.1, -0.05) is 5.16 Å². The lowest BCUT2D eigenvalue weighted by molar-refractivity contribution is -0.119. The Morgan fingerprint density at radius 1 is 1.75 bits per heavy atom. The number of oxime groups is 1. The fourth-order valence-corrected chi connectivity index (χ4v) is 1.77. The van der Waals surface area contributed by atoms with Gasteiger partial charge in [0.2, 0.25) is 5.04 Å². The van der Waals surface area contributed by atoms with E-state index in [0.717, 1.165) is 11.8 Å². The first-order valence-electron chi connectivity index (χ1n) is 3.27. The van der Waals surface area contributed by atoms with E-state index in [2.05, 4.69) is 10.1 Å². The second kappa shape index (κ2) is 2.63. The molecule has 1 amide bonds. The molecule has 0 spiro atoms. The molecule has 0 atom stereocenters. The highest BCUT2D eigenvalue weighted by Crippen LogP contribution is 2.23. The molecule has 0 aromatic heterocycles. The van der Waals surface area contributed by atoms with Gasteiger partial charge in [0, 0.05) is 12.7 Å². The van der Waals surface area contributed by atoms with Crippen molar-refractivity contribution in [2.24, 2.45) is 10.1 Å². The Hall–Kier alpha value is -1.30. The summed E-state index contributed by atoms with van der Waals surface area (Å²) in [5.74, 6) is -0.286. The van der Waals surface area contributed by atoms with E-state index in [1.165, 1.54) is 4.90 Å². The van der Waals surface area contributed by atoms with E-state index in [1.54, 1.807) is 12.3 Å². The minimum Gasteiger partial charge on any atom is -0.410 e. The highest BCUT2D eigenvalue weighted by Gasteiger charge is 2.35. The SMILES string of the molecule is O=C1C(=NO)SC2=NC=CCN12. The minimum atomic E-state index is -0.286. The Bertz CT molecular complexity index is 321. The number of hydrogen-bond donors (Lipinski definition) is 1. The van der Waals surface area contributed by atoms with Gasteiger partial charge in [0.25, 0.3) is 5.91 Å². The van der Waals surface area contributed by atoms with Gasteiger partial charge in [0.15, 0.2) is 5.17 Å². The molecule has 5 nitrogen and oxygen atoms in total. The topological polar surface area (TPSA) is 65.3 Å². The Morgan fingerprint density at radius 3 is 3.25 bits per heavy atom. The van der Waals surface area contributed by atoms with Crippen LogP contribution in [-0.4, -0.2) is 32.8 Å². The number of carbonyl (C=O) groups is 1. The smallest absolute Gasteiger partial charge is 0.289 e. The van der Waals surface area contributed by atoms with Crippen molar-refractivity contribution in [2.45, 2.75) is 0 Å². The number of amides is 1. The second-order valence-electron chi connectivity index (χ2n) is 2.22. The molecule has 1 N–H and O–H groups in total. The van der Waals surface area contributed by atoms with Crippen molar-refractivity contribution in [3.63, 3.8) is 0 Å². The fraction of sp³-hybridized carbons (Fsp3) is 0.167. The van der Waals surface area contributed by atoms with Crippen molar-refractivity contribution in [3.05, 3.63) is 12.3 Å². The van der Waals surface area contributed by atoms with E-state index in [-0.39, 0.29) is 11.0 Å². The fourth-order valence-electron chi connectivity index (χ4n) is 0.977. The van der Waals surface area contributed by atoms with E-state index < -0.39 is 0 Å².